The first-order chi connectivity index (χ1) is 13.1. The second-order valence-corrected chi connectivity index (χ2v) is 7.77. The maximum Gasteiger partial charge on any atom is 0.165 e. The van der Waals surface area contributed by atoms with Gasteiger partial charge in [-0.05, 0) is 61.7 Å². The molecule has 2 heterocycles. The zero-order valence-corrected chi connectivity index (χ0v) is 16.5. The Morgan fingerprint density at radius 1 is 1.26 bits per heavy atom. The molecule has 0 aliphatic carbocycles. The molecule has 4 rings (SSSR count). The molecule has 2 aromatic carbocycles. The van der Waals surface area contributed by atoms with Crippen LogP contribution in [-0.4, -0.2) is 25.3 Å². The molecule has 1 saturated heterocycles. The van der Waals surface area contributed by atoms with Crippen LogP contribution in [0.3, 0.4) is 0 Å². The third kappa shape index (κ3) is 3.53. The summed E-state index contributed by atoms with van der Waals surface area (Å²) >= 11 is 5.93. The minimum atomic E-state index is -0.326. The van der Waals surface area contributed by atoms with Gasteiger partial charge in [0.2, 0.25) is 0 Å². The SMILES string of the molecule is CCC(CC)Oc1cc(-c2ccc(Cl)cc2F)cc2c1O[C@H]1CCNC[C@@H]21. The molecular weight excluding hydrogens is 365 g/mol. The van der Waals surface area contributed by atoms with Crippen LogP contribution in [0.15, 0.2) is 30.3 Å². The number of hydrogen-bond donors (Lipinski definition) is 1. The molecule has 1 fully saturated rings. The Hall–Kier alpha value is -1.78. The van der Waals surface area contributed by atoms with Gasteiger partial charge in [0.15, 0.2) is 11.5 Å². The molecule has 0 spiro atoms. The van der Waals surface area contributed by atoms with Crippen LogP contribution in [0.4, 0.5) is 4.39 Å². The number of fused-ring (bicyclic) bond motifs is 3. The minimum absolute atomic E-state index is 0.115. The van der Waals surface area contributed by atoms with Gasteiger partial charge in [-0.1, -0.05) is 25.4 Å². The van der Waals surface area contributed by atoms with Crippen molar-refractivity contribution in [1.82, 2.24) is 5.32 Å². The fraction of sp³-hybridized carbons (Fsp3) is 0.455. The number of piperidine rings is 1. The molecule has 2 aliphatic rings. The summed E-state index contributed by atoms with van der Waals surface area (Å²) in [6, 6.07) is 8.77. The van der Waals surface area contributed by atoms with Gasteiger partial charge in [0.1, 0.15) is 11.9 Å². The molecule has 1 N–H and O–H groups in total. The average molecular weight is 390 g/mol. The van der Waals surface area contributed by atoms with Crippen molar-refractivity contribution in [2.45, 2.75) is 51.2 Å². The molecule has 27 heavy (non-hydrogen) atoms. The number of hydrogen-bond acceptors (Lipinski definition) is 3. The van der Waals surface area contributed by atoms with Crippen LogP contribution >= 0.6 is 11.6 Å². The van der Waals surface area contributed by atoms with Gasteiger partial charge in [-0.2, -0.15) is 0 Å². The third-order valence-electron chi connectivity index (χ3n) is 5.62. The third-order valence-corrected chi connectivity index (χ3v) is 5.85. The standard InChI is InChI=1S/C22H25ClFNO2/c1-3-15(4-2)26-21-10-13(16-6-5-14(23)11-19(16)24)9-17-18-12-25-8-7-20(18)27-22(17)21/h5-6,9-11,15,18,20,25H,3-4,7-8,12H2,1-2H3/t18-,20-/m0/s1. The summed E-state index contributed by atoms with van der Waals surface area (Å²) < 4.78 is 27.2. The van der Waals surface area contributed by atoms with E-state index >= 15 is 0 Å². The molecular formula is C22H25ClFNO2. The van der Waals surface area contributed by atoms with E-state index in [9.17, 15) is 4.39 Å². The number of rotatable bonds is 5. The van der Waals surface area contributed by atoms with E-state index in [1.165, 1.54) is 6.07 Å². The zero-order valence-electron chi connectivity index (χ0n) is 15.7. The smallest absolute Gasteiger partial charge is 0.165 e. The number of nitrogens with one attached hydrogen (secondary N) is 1. The number of benzene rings is 2. The Morgan fingerprint density at radius 2 is 2.07 bits per heavy atom. The Labute approximate surface area is 164 Å². The predicted molar refractivity (Wildman–Crippen MR) is 106 cm³/mol. The van der Waals surface area contributed by atoms with Gasteiger partial charge in [-0.3, -0.25) is 0 Å². The minimum Gasteiger partial charge on any atom is -0.487 e. The van der Waals surface area contributed by atoms with Crippen molar-refractivity contribution in [2.24, 2.45) is 0 Å². The van der Waals surface area contributed by atoms with Crippen LogP contribution in [0, 0.1) is 5.82 Å². The Bertz CT molecular complexity index is 837. The molecule has 0 bridgehead atoms. The quantitative estimate of drug-likeness (QED) is 0.727. The highest BCUT2D eigenvalue weighted by atomic mass is 35.5. The van der Waals surface area contributed by atoms with Crippen LogP contribution in [0.25, 0.3) is 11.1 Å². The van der Waals surface area contributed by atoms with Crippen LogP contribution in [0.5, 0.6) is 11.5 Å². The lowest BCUT2D eigenvalue weighted by Crippen LogP contribution is -2.37. The van der Waals surface area contributed by atoms with Gasteiger partial charge >= 0.3 is 0 Å². The number of ether oxygens (including phenoxy) is 2. The van der Waals surface area contributed by atoms with Crippen molar-refractivity contribution in [3.8, 4) is 22.6 Å². The van der Waals surface area contributed by atoms with Gasteiger partial charge in [0, 0.05) is 28.6 Å². The van der Waals surface area contributed by atoms with Crippen molar-refractivity contribution in [2.75, 3.05) is 13.1 Å². The lowest BCUT2D eigenvalue weighted by Gasteiger charge is -2.24. The van der Waals surface area contributed by atoms with Crippen molar-refractivity contribution in [3.63, 3.8) is 0 Å². The summed E-state index contributed by atoms with van der Waals surface area (Å²) in [5.74, 6) is 1.50. The van der Waals surface area contributed by atoms with Crippen LogP contribution < -0.4 is 14.8 Å². The monoisotopic (exact) mass is 389 g/mol. The highest BCUT2D eigenvalue weighted by Gasteiger charge is 2.38. The summed E-state index contributed by atoms with van der Waals surface area (Å²) in [5.41, 5.74) is 2.45. The van der Waals surface area contributed by atoms with E-state index in [4.69, 9.17) is 21.1 Å². The van der Waals surface area contributed by atoms with Crippen molar-refractivity contribution in [1.29, 1.82) is 0 Å². The molecule has 0 saturated carbocycles. The highest BCUT2D eigenvalue weighted by molar-refractivity contribution is 6.30. The normalized spacial score (nSPS) is 20.9. The summed E-state index contributed by atoms with van der Waals surface area (Å²) in [4.78, 5) is 0. The van der Waals surface area contributed by atoms with Gasteiger partial charge in [0.25, 0.3) is 0 Å². The summed E-state index contributed by atoms with van der Waals surface area (Å²) in [6.07, 6.45) is 3.08. The second-order valence-electron chi connectivity index (χ2n) is 7.33. The van der Waals surface area contributed by atoms with E-state index in [2.05, 4.69) is 25.2 Å². The Kier molecular flexibility index (Phi) is 5.29. The van der Waals surface area contributed by atoms with Crippen LogP contribution in [0.2, 0.25) is 5.02 Å². The Balaban J connectivity index is 1.81. The number of halogens is 2. The predicted octanol–water partition coefficient (Wildman–Crippen LogP) is 5.55. The fourth-order valence-corrected chi connectivity index (χ4v) is 4.22. The lowest BCUT2D eigenvalue weighted by molar-refractivity contribution is 0.151. The van der Waals surface area contributed by atoms with Gasteiger partial charge < -0.3 is 14.8 Å². The molecule has 144 valence electrons. The van der Waals surface area contributed by atoms with Crippen molar-refractivity contribution < 1.29 is 13.9 Å². The molecule has 0 amide bonds. The van der Waals surface area contributed by atoms with E-state index in [-0.39, 0.29) is 23.9 Å². The van der Waals surface area contributed by atoms with Gasteiger partial charge in [0.05, 0.1) is 6.10 Å². The maximum atomic E-state index is 14.6. The fourth-order valence-electron chi connectivity index (χ4n) is 4.06. The largest absolute Gasteiger partial charge is 0.487 e. The van der Waals surface area contributed by atoms with E-state index in [1.54, 1.807) is 12.1 Å². The van der Waals surface area contributed by atoms with Crippen molar-refractivity contribution in [3.05, 3.63) is 46.7 Å². The van der Waals surface area contributed by atoms with Gasteiger partial charge in [-0.15, -0.1) is 0 Å². The Morgan fingerprint density at radius 3 is 2.81 bits per heavy atom. The van der Waals surface area contributed by atoms with Crippen LogP contribution in [0.1, 0.15) is 44.6 Å². The second kappa shape index (κ2) is 7.69. The maximum absolute atomic E-state index is 14.6. The summed E-state index contributed by atoms with van der Waals surface area (Å²) in [7, 11) is 0. The molecule has 0 unspecified atom stereocenters. The topological polar surface area (TPSA) is 30.5 Å². The molecule has 3 nitrogen and oxygen atoms in total. The molecule has 2 atom stereocenters. The van der Waals surface area contributed by atoms with Crippen LogP contribution in [-0.2, 0) is 0 Å². The van der Waals surface area contributed by atoms with Gasteiger partial charge in [-0.25, -0.2) is 4.39 Å². The average Bonchev–Trinajstić information content (AvgIpc) is 3.05. The first-order valence-corrected chi connectivity index (χ1v) is 10.2. The molecule has 2 aromatic rings. The van der Waals surface area contributed by atoms with E-state index < -0.39 is 0 Å². The first kappa shape index (κ1) is 18.6. The van der Waals surface area contributed by atoms with E-state index in [1.807, 2.05) is 6.07 Å². The van der Waals surface area contributed by atoms with E-state index in [0.717, 1.165) is 55.0 Å². The molecule has 2 aliphatic heterocycles. The summed E-state index contributed by atoms with van der Waals surface area (Å²) in [5, 5.41) is 3.84. The summed E-state index contributed by atoms with van der Waals surface area (Å²) in [6.45, 7) is 6.05. The van der Waals surface area contributed by atoms with Crippen molar-refractivity contribution >= 4 is 11.6 Å². The first-order valence-electron chi connectivity index (χ1n) is 9.78. The van der Waals surface area contributed by atoms with E-state index in [0.29, 0.717) is 10.6 Å². The molecule has 0 aromatic heterocycles. The molecule has 0 radical (unpaired) electrons. The zero-order chi connectivity index (χ0) is 19.0. The lowest BCUT2D eigenvalue weighted by atomic mass is 9.89. The molecule has 5 heteroatoms. The highest BCUT2D eigenvalue weighted by Crippen LogP contribution is 2.49.